The standard InChI is InChI=1S/C30H42ClN5O3/c1-3-4-17-35-28(38)25(26(37)22-11-7-5-8-12-22)32-29(39)30(35)15-18-34(19-16-30)20-24-21(2)33-36(27(24)31)23-13-9-6-10-14-23/h6,9-10,13-14,22,25-26,37H,3-5,7-8,11-12,15-20H2,1-2H3,(H,32,39)/t25-,26-/m1/s1. The molecule has 2 aromatic rings. The second kappa shape index (κ2) is 12.0. The molecular formula is C30H42ClN5O3. The highest BCUT2D eigenvalue weighted by Gasteiger charge is 2.55. The Morgan fingerprint density at radius 2 is 1.82 bits per heavy atom. The van der Waals surface area contributed by atoms with Crippen molar-refractivity contribution in [3.05, 3.63) is 46.7 Å². The summed E-state index contributed by atoms with van der Waals surface area (Å²) in [5.41, 5.74) is 1.93. The van der Waals surface area contributed by atoms with E-state index in [4.69, 9.17) is 11.6 Å². The normalized spacial score (nSPS) is 23.3. The van der Waals surface area contributed by atoms with E-state index < -0.39 is 17.7 Å². The van der Waals surface area contributed by atoms with Crippen molar-refractivity contribution < 1.29 is 14.7 Å². The van der Waals surface area contributed by atoms with Gasteiger partial charge < -0.3 is 15.3 Å². The Hall–Kier alpha value is -2.42. The molecule has 1 saturated carbocycles. The highest BCUT2D eigenvalue weighted by Crippen LogP contribution is 2.37. The number of likely N-dealkylation sites (tertiary alicyclic amines) is 1. The van der Waals surface area contributed by atoms with E-state index in [1.165, 1.54) is 6.42 Å². The molecule has 2 saturated heterocycles. The number of carbonyl (C=O) groups is 2. The molecule has 3 aliphatic rings. The van der Waals surface area contributed by atoms with Crippen molar-refractivity contribution in [1.29, 1.82) is 0 Å². The molecule has 0 bridgehead atoms. The van der Waals surface area contributed by atoms with Crippen molar-refractivity contribution in [2.24, 2.45) is 5.92 Å². The van der Waals surface area contributed by atoms with E-state index in [0.717, 1.165) is 55.5 Å². The maximum Gasteiger partial charge on any atom is 0.248 e. The van der Waals surface area contributed by atoms with E-state index in [1.54, 1.807) is 4.68 Å². The minimum Gasteiger partial charge on any atom is -0.390 e. The van der Waals surface area contributed by atoms with Gasteiger partial charge in [0.1, 0.15) is 16.7 Å². The van der Waals surface area contributed by atoms with Gasteiger partial charge in [-0.2, -0.15) is 5.10 Å². The van der Waals surface area contributed by atoms with Crippen molar-refractivity contribution in [1.82, 2.24) is 24.9 Å². The van der Waals surface area contributed by atoms with Crippen molar-refractivity contribution >= 4 is 23.4 Å². The van der Waals surface area contributed by atoms with E-state index >= 15 is 0 Å². The number of unbranched alkanes of at least 4 members (excludes halogenated alkanes) is 1. The topological polar surface area (TPSA) is 90.7 Å². The number of carbonyl (C=O) groups excluding carboxylic acids is 2. The van der Waals surface area contributed by atoms with Crippen LogP contribution in [0, 0.1) is 12.8 Å². The van der Waals surface area contributed by atoms with E-state index in [0.29, 0.717) is 44.2 Å². The molecule has 0 unspecified atom stereocenters. The smallest absolute Gasteiger partial charge is 0.248 e. The average molecular weight is 556 g/mol. The Bertz CT molecular complexity index is 1150. The van der Waals surface area contributed by atoms with Gasteiger partial charge in [0.2, 0.25) is 11.8 Å². The highest BCUT2D eigenvalue weighted by atomic mass is 35.5. The molecule has 1 spiro atoms. The van der Waals surface area contributed by atoms with Crippen molar-refractivity contribution in [3.8, 4) is 5.69 Å². The number of piperidine rings is 1. The Labute approximate surface area is 236 Å². The zero-order valence-electron chi connectivity index (χ0n) is 23.2. The largest absolute Gasteiger partial charge is 0.390 e. The molecular weight excluding hydrogens is 514 g/mol. The molecule has 0 radical (unpaired) electrons. The fourth-order valence-electron chi connectivity index (χ4n) is 6.71. The fourth-order valence-corrected chi connectivity index (χ4v) is 7.04. The van der Waals surface area contributed by atoms with E-state index in [-0.39, 0.29) is 17.7 Å². The van der Waals surface area contributed by atoms with Crippen LogP contribution in [0.3, 0.4) is 0 Å². The molecule has 212 valence electrons. The van der Waals surface area contributed by atoms with Crippen LogP contribution in [0.4, 0.5) is 0 Å². The number of aliphatic hydroxyl groups is 1. The number of amides is 2. The molecule has 2 N–H and O–H groups in total. The molecule has 9 heteroatoms. The third-order valence-corrected chi connectivity index (χ3v) is 9.54. The van der Waals surface area contributed by atoms with Crippen LogP contribution in [0.25, 0.3) is 5.69 Å². The Balaban J connectivity index is 1.30. The Morgan fingerprint density at radius 3 is 2.49 bits per heavy atom. The number of hydrogen-bond acceptors (Lipinski definition) is 5. The molecule has 39 heavy (non-hydrogen) atoms. The summed E-state index contributed by atoms with van der Waals surface area (Å²) in [7, 11) is 0. The third-order valence-electron chi connectivity index (χ3n) is 9.16. The van der Waals surface area contributed by atoms with E-state index in [2.05, 4.69) is 22.2 Å². The number of para-hydroxylation sites is 1. The van der Waals surface area contributed by atoms with E-state index in [9.17, 15) is 14.7 Å². The predicted molar refractivity (Wildman–Crippen MR) is 152 cm³/mol. The number of benzene rings is 1. The summed E-state index contributed by atoms with van der Waals surface area (Å²) >= 11 is 6.79. The van der Waals surface area contributed by atoms with E-state index in [1.807, 2.05) is 42.2 Å². The minimum atomic E-state index is -0.863. The van der Waals surface area contributed by atoms with Crippen LogP contribution in [-0.4, -0.2) is 73.8 Å². The average Bonchev–Trinajstić information content (AvgIpc) is 3.25. The number of nitrogens with one attached hydrogen (secondary N) is 1. The number of halogens is 1. The summed E-state index contributed by atoms with van der Waals surface area (Å²) in [5.74, 6) is -0.150. The zero-order chi connectivity index (χ0) is 27.6. The minimum absolute atomic E-state index is 0.0710. The molecule has 1 aromatic heterocycles. The SMILES string of the molecule is CCCCN1C(=O)[C@@H]([C@H](O)C2CCCCC2)NC(=O)C12CCN(Cc1c(C)nn(-c3ccccc3)c1Cl)CC2. The van der Waals surface area contributed by atoms with Crippen LogP contribution in [0.2, 0.25) is 5.15 Å². The Morgan fingerprint density at radius 1 is 1.13 bits per heavy atom. The van der Waals surface area contributed by atoms with Crippen molar-refractivity contribution in [2.45, 2.75) is 95.9 Å². The lowest BCUT2D eigenvalue weighted by atomic mass is 9.78. The van der Waals surface area contributed by atoms with Gasteiger partial charge in [0.05, 0.1) is 17.5 Å². The van der Waals surface area contributed by atoms with Gasteiger partial charge in [-0.1, -0.05) is 62.4 Å². The van der Waals surface area contributed by atoms with Gasteiger partial charge in [-0.3, -0.25) is 14.5 Å². The van der Waals surface area contributed by atoms with Gasteiger partial charge in [-0.05, 0) is 57.1 Å². The number of aromatic nitrogens is 2. The van der Waals surface area contributed by atoms with Crippen LogP contribution in [-0.2, 0) is 16.1 Å². The lowest BCUT2D eigenvalue weighted by molar-refractivity contribution is -0.166. The van der Waals surface area contributed by atoms with Crippen LogP contribution in [0.5, 0.6) is 0 Å². The Kier molecular flexibility index (Phi) is 8.64. The van der Waals surface area contributed by atoms with Gasteiger partial charge in [0.15, 0.2) is 0 Å². The van der Waals surface area contributed by atoms with Crippen molar-refractivity contribution in [2.75, 3.05) is 19.6 Å². The third kappa shape index (κ3) is 5.48. The van der Waals surface area contributed by atoms with Gasteiger partial charge in [-0.15, -0.1) is 0 Å². The second-order valence-electron chi connectivity index (χ2n) is 11.6. The molecule has 2 aliphatic heterocycles. The van der Waals surface area contributed by atoms with Gasteiger partial charge >= 0.3 is 0 Å². The summed E-state index contributed by atoms with van der Waals surface area (Å²) in [6, 6.07) is 9.01. The molecule has 1 aliphatic carbocycles. The van der Waals surface area contributed by atoms with Gasteiger partial charge in [0, 0.05) is 31.7 Å². The molecule has 1 aromatic carbocycles. The molecule has 3 fully saturated rings. The number of aryl methyl sites for hydroxylation is 1. The zero-order valence-corrected chi connectivity index (χ0v) is 24.0. The number of rotatable bonds is 8. The monoisotopic (exact) mass is 555 g/mol. The summed E-state index contributed by atoms with van der Waals surface area (Å²) in [4.78, 5) is 31.7. The maximum absolute atomic E-state index is 13.8. The number of hydrogen-bond donors (Lipinski definition) is 2. The van der Waals surface area contributed by atoms with Crippen LogP contribution < -0.4 is 5.32 Å². The number of nitrogens with zero attached hydrogens (tertiary/aromatic N) is 4. The first kappa shape index (κ1) is 28.1. The first-order valence-corrected chi connectivity index (χ1v) is 15.1. The molecule has 2 atom stereocenters. The molecule has 8 nitrogen and oxygen atoms in total. The number of piperazine rings is 1. The van der Waals surface area contributed by atoms with Gasteiger partial charge in [-0.25, -0.2) is 4.68 Å². The van der Waals surface area contributed by atoms with Crippen LogP contribution in [0.1, 0.15) is 76.0 Å². The molecule has 5 rings (SSSR count). The molecule has 3 heterocycles. The van der Waals surface area contributed by atoms with Gasteiger partial charge in [0.25, 0.3) is 0 Å². The lowest BCUT2D eigenvalue weighted by Crippen LogP contribution is -2.75. The summed E-state index contributed by atoms with van der Waals surface area (Å²) in [5, 5.41) is 19.5. The van der Waals surface area contributed by atoms with Crippen molar-refractivity contribution in [3.63, 3.8) is 0 Å². The first-order valence-electron chi connectivity index (χ1n) is 14.7. The summed E-state index contributed by atoms with van der Waals surface area (Å²) in [6.45, 7) is 6.60. The predicted octanol–water partition coefficient (Wildman–Crippen LogP) is 4.24. The fraction of sp³-hybridized carbons (Fsp3) is 0.633. The van der Waals surface area contributed by atoms with Crippen LogP contribution >= 0.6 is 11.6 Å². The molecule has 2 amide bonds. The second-order valence-corrected chi connectivity index (χ2v) is 12.0. The first-order chi connectivity index (χ1) is 18.9. The van der Waals surface area contributed by atoms with Crippen LogP contribution in [0.15, 0.2) is 30.3 Å². The lowest BCUT2D eigenvalue weighted by Gasteiger charge is -2.52. The maximum atomic E-state index is 13.8. The quantitative estimate of drug-likeness (QED) is 0.508. The summed E-state index contributed by atoms with van der Waals surface area (Å²) in [6.07, 6.45) is 7.22. The number of aliphatic hydroxyl groups excluding tert-OH is 1. The summed E-state index contributed by atoms with van der Waals surface area (Å²) < 4.78 is 1.77. The highest BCUT2D eigenvalue weighted by molar-refractivity contribution is 6.30.